The zero-order valence-corrected chi connectivity index (χ0v) is 15.7. The molecule has 1 aliphatic rings. The summed E-state index contributed by atoms with van der Waals surface area (Å²) in [5, 5.41) is 10.6. The van der Waals surface area contributed by atoms with Gasteiger partial charge in [0.25, 0.3) is 5.91 Å². The van der Waals surface area contributed by atoms with Crippen LogP contribution in [0.15, 0.2) is 30.5 Å². The first-order valence-corrected chi connectivity index (χ1v) is 8.48. The molecule has 8 heteroatoms. The van der Waals surface area contributed by atoms with Crippen LogP contribution in [0.1, 0.15) is 47.9 Å². The summed E-state index contributed by atoms with van der Waals surface area (Å²) in [6.07, 6.45) is 3.99. The second-order valence-corrected chi connectivity index (χ2v) is 6.27. The Hall–Kier alpha value is -2.12. The molecule has 2 unspecified atom stereocenters. The molecule has 142 valence electrons. The van der Waals surface area contributed by atoms with Crippen molar-refractivity contribution < 1.29 is 13.9 Å². The van der Waals surface area contributed by atoms with Crippen LogP contribution >= 0.6 is 12.4 Å². The minimum absolute atomic E-state index is 0. The van der Waals surface area contributed by atoms with Gasteiger partial charge >= 0.3 is 0 Å². The van der Waals surface area contributed by atoms with Crippen molar-refractivity contribution in [3.8, 4) is 5.75 Å². The molecule has 26 heavy (non-hydrogen) atoms. The quantitative estimate of drug-likeness (QED) is 0.834. The highest BCUT2D eigenvalue weighted by Gasteiger charge is 2.19. The van der Waals surface area contributed by atoms with Gasteiger partial charge < -0.3 is 15.4 Å². The molecule has 2 aromatic rings. The number of amides is 1. The van der Waals surface area contributed by atoms with E-state index in [1.54, 1.807) is 25.1 Å². The number of ether oxygens (including phenoxy) is 1. The van der Waals surface area contributed by atoms with Crippen molar-refractivity contribution in [1.29, 1.82) is 0 Å². The summed E-state index contributed by atoms with van der Waals surface area (Å²) in [4.78, 5) is 12.4. The molecular formula is C18H24ClFN4O2. The topological polar surface area (TPSA) is 68.2 Å². The minimum Gasteiger partial charge on any atom is -0.494 e. The number of halogens is 2. The van der Waals surface area contributed by atoms with Crippen LogP contribution in [0.25, 0.3) is 0 Å². The van der Waals surface area contributed by atoms with E-state index in [0.717, 1.165) is 25.9 Å². The molecule has 2 atom stereocenters. The number of nitrogens with one attached hydrogen (secondary N) is 2. The Morgan fingerprint density at radius 1 is 1.46 bits per heavy atom. The molecule has 1 fully saturated rings. The van der Waals surface area contributed by atoms with Crippen molar-refractivity contribution in [3.05, 3.63) is 47.5 Å². The Balaban J connectivity index is 0.00000243. The normalized spacial score (nSPS) is 17.9. The van der Waals surface area contributed by atoms with E-state index in [-0.39, 0.29) is 36.1 Å². The zero-order valence-electron chi connectivity index (χ0n) is 14.9. The van der Waals surface area contributed by atoms with Gasteiger partial charge in [-0.25, -0.2) is 4.39 Å². The lowest BCUT2D eigenvalue weighted by molar-refractivity contribution is 0.0933. The molecule has 0 bridgehead atoms. The number of carbonyl (C=O) groups excluding carboxylic acids is 1. The van der Waals surface area contributed by atoms with Crippen molar-refractivity contribution in [2.75, 3.05) is 20.2 Å². The standard InChI is InChI=1S/C18H23FN4O2.ClH/c1-12(13-5-6-17(25-2)15(19)10-13)21-18(24)16-7-9-23(22-16)14-4-3-8-20-11-14;/h5-7,9-10,12,14,20H,3-4,8,11H2,1-2H3,(H,21,24);1H. The van der Waals surface area contributed by atoms with Gasteiger partial charge in [-0.2, -0.15) is 5.10 Å². The van der Waals surface area contributed by atoms with E-state index < -0.39 is 5.82 Å². The van der Waals surface area contributed by atoms with Gasteiger partial charge in [0.2, 0.25) is 0 Å². The maximum Gasteiger partial charge on any atom is 0.272 e. The highest BCUT2D eigenvalue weighted by Crippen LogP contribution is 2.22. The summed E-state index contributed by atoms with van der Waals surface area (Å²) in [6.45, 7) is 3.70. The van der Waals surface area contributed by atoms with Crippen LogP contribution in [0.3, 0.4) is 0 Å². The first-order valence-electron chi connectivity index (χ1n) is 8.48. The van der Waals surface area contributed by atoms with Crippen LogP contribution in [0.2, 0.25) is 0 Å². The number of hydrogen-bond acceptors (Lipinski definition) is 4. The third kappa shape index (κ3) is 4.53. The van der Waals surface area contributed by atoms with Gasteiger partial charge in [0.1, 0.15) is 5.69 Å². The molecule has 0 aliphatic carbocycles. The van der Waals surface area contributed by atoms with Gasteiger partial charge in [-0.1, -0.05) is 6.07 Å². The van der Waals surface area contributed by atoms with Crippen LogP contribution in [-0.4, -0.2) is 35.9 Å². The number of carbonyl (C=O) groups is 1. The lowest BCUT2D eigenvalue weighted by Crippen LogP contribution is -2.32. The number of piperidine rings is 1. The van der Waals surface area contributed by atoms with Gasteiger partial charge in [-0.15, -0.1) is 12.4 Å². The fourth-order valence-electron chi connectivity index (χ4n) is 3.03. The summed E-state index contributed by atoms with van der Waals surface area (Å²) >= 11 is 0. The van der Waals surface area contributed by atoms with Gasteiger partial charge in [0.15, 0.2) is 11.6 Å². The first kappa shape index (κ1) is 20.2. The average molecular weight is 383 g/mol. The van der Waals surface area contributed by atoms with E-state index in [0.29, 0.717) is 11.3 Å². The molecule has 1 aliphatic heterocycles. The largest absolute Gasteiger partial charge is 0.494 e. The number of aromatic nitrogens is 2. The third-order valence-corrected chi connectivity index (χ3v) is 4.51. The Morgan fingerprint density at radius 2 is 2.27 bits per heavy atom. The maximum absolute atomic E-state index is 13.8. The highest BCUT2D eigenvalue weighted by atomic mass is 35.5. The Kier molecular flexibility index (Phi) is 6.99. The van der Waals surface area contributed by atoms with Crippen LogP contribution < -0.4 is 15.4 Å². The molecule has 1 saturated heterocycles. The molecule has 1 amide bonds. The molecule has 1 aromatic heterocycles. The van der Waals surface area contributed by atoms with Crippen LogP contribution in [0.4, 0.5) is 4.39 Å². The van der Waals surface area contributed by atoms with Crippen molar-refractivity contribution in [2.45, 2.75) is 31.8 Å². The first-order chi connectivity index (χ1) is 12.1. The van der Waals surface area contributed by atoms with Crippen LogP contribution in [-0.2, 0) is 0 Å². The molecule has 6 nitrogen and oxygen atoms in total. The summed E-state index contributed by atoms with van der Waals surface area (Å²) in [6, 6.07) is 6.32. The van der Waals surface area contributed by atoms with Crippen molar-refractivity contribution in [1.82, 2.24) is 20.4 Å². The number of hydrogen-bond donors (Lipinski definition) is 2. The number of methoxy groups -OCH3 is 1. The second-order valence-electron chi connectivity index (χ2n) is 6.27. The molecule has 2 N–H and O–H groups in total. The minimum atomic E-state index is -0.449. The third-order valence-electron chi connectivity index (χ3n) is 4.51. The Bertz CT molecular complexity index is 747. The SMILES string of the molecule is COc1ccc(C(C)NC(=O)c2ccn(C3CCCNC3)n2)cc1F.Cl. The fraction of sp³-hybridized carbons (Fsp3) is 0.444. The molecule has 3 rings (SSSR count). The van der Waals surface area contributed by atoms with E-state index in [1.165, 1.54) is 13.2 Å². The molecule has 2 heterocycles. The highest BCUT2D eigenvalue weighted by molar-refractivity contribution is 5.92. The lowest BCUT2D eigenvalue weighted by atomic mass is 10.1. The van der Waals surface area contributed by atoms with E-state index in [2.05, 4.69) is 15.7 Å². The van der Waals surface area contributed by atoms with E-state index in [4.69, 9.17) is 4.74 Å². The summed E-state index contributed by atoms with van der Waals surface area (Å²) in [5.74, 6) is -0.538. The smallest absolute Gasteiger partial charge is 0.272 e. The van der Waals surface area contributed by atoms with Crippen molar-refractivity contribution in [2.24, 2.45) is 0 Å². The van der Waals surface area contributed by atoms with Crippen molar-refractivity contribution >= 4 is 18.3 Å². The van der Waals surface area contributed by atoms with E-state index >= 15 is 0 Å². The van der Waals surface area contributed by atoms with E-state index in [9.17, 15) is 9.18 Å². The van der Waals surface area contributed by atoms with Gasteiger partial charge in [-0.05, 0) is 50.1 Å². The average Bonchev–Trinajstić information content (AvgIpc) is 3.12. The second kappa shape index (κ2) is 9.00. The predicted molar refractivity (Wildman–Crippen MR) is 99.4 cm³/mol. The van der Waals surface area contributed by atoms with Gasteiger partial charge in [0.05, 0.1) is 19.2 Å². The molecule has 0 radical (unpaired) electrons. The fourth-order valence-corrected chi connectivity index (χ4v) is 3.03. The van der Waals surface area contributed by atoms with Crippen LogP contribution in [0.5, 0.6) is 5.75 Å². The molecule has 0 spiro atoms. The molecule has 0 saturated carbocycles. The monoisotopic (exact) mass is 382 g/mol. The lowest BCUT2D eigenvalue weighted by Gasteiger charge is -2.22. The molecule has 1 aromatic carbocycles. The van der Waals surface area contributed by atoms with Gasteiger partial charge in [0, 0.05) is 12.7 Å². The molecular weight excluding hydrogens is 359 g/mol. The van der Waals surface area contributed by atoms with E-state index in [1.807, 2.05) is 10.9 Å². The summed E-state index contributed by atoms with van der Waals surface area (Å²) in [7, 11) is 1.42. The summed E-state index contributed by atoms with van der Waals surface area (Å²) in [5.41, 5.74) is 1.04. The van der Waals surface area contributed by atoms with Crippen LogP contribution in [0, 0.1) is 5.82 Å². The van der Waals surface area contributed by atoms with Gasteiger partial charge in [-0.3, -0.25) is 9.48 Å². The maximum atomic E-state index is 13.8. The number of benzene rings is 1. The Morgan fingerprint density at radius 3 is 2.92 bits per heavy atom. The number of rotatable bonds is 5. The number of nitrogens with zero attached hydrogens (tertiary/aromatic N) is 2. The van der Waals surface area contributed by atoms with Crippen molar-refractivity contribution in [3.63, 3.8) is 0 Å². The zero-order chi connectivity index (χ0) is 17.8. The predicted octanol–water partition coefficient (Wildman–Crippen LogP) is 2.87. The summed E-state index contributed by atoms with van der Waals surface area (Å²) < 4.78 is 20.6. The Labute approximate surface area is 158 Å².